The molecule has 8 heteroatoms. The van der Waals surface area contributed by atoms with Crippen molar-refractivity contribution in [3.8, 4) is 0 Å². The molecular weight excluding hydrogens is 292 g/mol. The number of nitro benzene ring substituents is 1. The molecule has 0 spiro atoms. The van der Waals surface area contributed by atoms with Gasteiger partial charge < -0.3 is 14.4 Å². The minimum atomic E-state index is -0.801. The van der Waals surface area contributed by atoms with E-state index in [0.717, 1.165) is 0 Å². The summed E-state index contributed by atoms with van der Waals surface area (Å²) in [4.78, 5) is 35.5. The first kappa shape index (κ1) is 15.5. The van der Waals surface area contributed by atoms with Gasteiger partial charge in [0.2, 0.25) is 11.7 Å². The minimum Gasteiger partial charge on any atom is -0.470 e. The monoisotopic (exact) mass is 306 g/mol. The van der Waals surface area contributed by atoms with Gasteiger partial charge in [0.05, 0.1) is 11.5 Å². The van der Waals surface area contributed by atoms with Crippen molar-refractivity contribution in [2.75, 3.05) is 25.2 Å². The number of anilines is 1. The van der Waals surface area contributed by atoms with Gasteiger partial charge in [-0.05, 0) is 13.0 Å². The predicted molar refractivity (Wildman–Crippen MR) is 76.1 cm³/mol. The third kappa shape index (κ3) is 2.76. The third-order valence-electron chi connectivity index (χ3n) is 3.06. The Morgan fingerprint density at radius 1 is 1.45 bits per heavy atom. The second-order valence-corrected chi connectivity index (χ2v) is 4.42. The molecule has 0 saturated heterocycles. The number of rotatable bonds is 5. The molecule has 0 amide bonds. The molecule has 1 aliphatic rings. The van der Waals surface area contributed by atoms with Crippen molar-refractivity contribution in [3.05, 3.63) is 45.8 Å². The standard InChI is InChI=1S/C14H14N2O6/c1-3-21-14(18)12-11(17)8-22-13(12)15(2)9-6-4-5-7-10(9)16(19)20/h4-7H,3,8H2,1-2H3. The topological polar surface area (TPSA) is 99.0 Å². The normalized spacial score (nSPS) is 13.8. The minimum absolute atomic E-state index is 0.0437. The fourth-order valence-electron chi connectivity index (χ4n) is 2.08. The largest absolute Gasteiger partial charge is 0.470 e. The maximum Gasteiger partial charge on any atom is 0.347 e. The molecule has 0 saturated carbocycles. The average molecular weight is 306 g/mol. The third-order valence-corrected chi connectivity index (χ3v) is 3.06. The first-order chi connectivity index (χ1) is 10.5. The number of ketones is 1. The lowest BCUT2D eigenvalue weighted by Crippen LogP contribution is -2.22. The lowest BCUT2D eigenvalue weighted by molar-refractivity contribution is -0.384. The van der Waals surface area contributed by atoms with Crippen molar-refractivity contribution in [2.45, 2.75) is 6.92 Å². The molecule has 22 heavy (non-hydrogen) atoms. The highest BCUT2D eigenvalue weighted by Gasteiger charge is 2.35. The number of para-hydroxylation sites is 2. The summed E-state index contributed by atoms with van der Waals surface area (Å²) >= 11 is 0. The molecule has 0 fully saturated rings. The summed E-state index contributed by atoms with van der Waals surface area (Å²) in [6, 6.07) is 5.96. The van der Waals surface area contributed by atoms with Gasteiger partial charge in [0.15, 0.2) is 12.2 Å². The molecule has 2 rings (SSSR count). The van der Waals surface area contributed by atoms with E-state index in [-0.39, 0.29) is 36.0 Å². The van der Waals surface area contributed by atoms with E-state index in [1.807, 2.05) is 0 Å². The first-order valence-electron chi connectivity index (χ1n) is 6.52. The lowest BCUT2D eigenvalue weighted by atomic mass is 10.2. The van der Waals surface area contributed by atoms with Crippen LogP contribution in [-0.4, -0.2) is 36.9 Å². The van der Waals surface area contributed by atoms with E-state index >= 15 is 0 Å². The number of nitrogens with zero attached hydrogens (tertiary/aromatic N) is 2. The Hall–Kier alpha value is -2.90. The smallest absolute Gasteiger partial charge is 0.347 e. The van der Waals surface area contributed by atoms with Crippen LogP contribution in [0.1, 0.15) is 6.92 Å². The average Bonchev–Trinajstić information content (AvgIpc) is 2.88. The lowest BCUT2D eigenvalue weighted by Gasteiger charge is -2.20. The van der Waals surface area contributed by atoms with Crippen molar-refractivity contribution in [3.63, 3.8) is 0 Å². The van der Waals surface area contributed by atoms with Gasteiger partial charge in [0.1, 0.15) is 5.69 Å². The molecule has 0 radical (unpaired) electrons. The molecule has 1 aromatic carbocycles. The highest BCUT2D eigenvalue weighted by molar-refractivity contribution is 6.19. The summed E-state index contributed by atoms with van der Waals surface area (Å²) in [6.07, 6.45) is 0. The van der Waals surface area contributed by atoms with Gasteiger partial charge in [-0.3, -0.25) is 14.9 Å². The number of esters is 1. The summed E-state index contributed by atoms with van der Waals surface area (Å²) in [7, 11) is 1.48. The van der Waals surface area contributed by atoms with Gasteiger partial charge in [0.25, 0.3) is 5.69 Å². The zero-order chi connectivity index (χ0) is 16.3. The number of carbonyl (C=O) groups is 2. The Kier molecular flexibility index (Phi) is 4.40. The summed E-state index contributed by atoms with van der Waals surface area (Å²) < 4.78 is 10.1. The highest BCUT2D eigenvalue weighted by atomic mass is 16.6. The van der Waals surface area contributed by atoms with Crippen LogP contribution < -0.4 is 4.90 Å². The molecule has 0 N–H and O–H groups in total. The summed E-state index contributed by atoms with van der Waals surface area (Å²) in [5.74, 6) is -1.36. The maximum atomic E-state index is 11.9. The molecule has 1 aromatic rings. The first-order valence-corrected chi connectivity index (χ1v) is 6.52. The van der Waals surface area contributed by atoms with E-state index in [9.17, 15) is 19.7 Å². The molecule has 0 atom stereocenters. The maximum absolute atomic E-state index is 11.9. The van der Waals surface area contributed by atoms with Crippen molar-refractivity contribution < 1.29 is 24.0 Å². The Morgan fingerprint density at radius 3 is 2.77 bits per heavy atom. The van der Waals surface area contributed by atoms with Crippen molar-refractivity contribution in [2.24, 2.45) is 0 Å². The number of ether oxygens (including phenoxy) is 2. The van der Waals surface area contributed by atoms with Crippen LogP contribution in [0.3, 0.4) is 0 Å². The van der Waals surface area contributed by atoms with Crippen LogP contribution in [0, 0.1) is 10.1 Å². The van der Waals surface area contributed by atoms with E-state index in [0.29, 0.717) is 0 Å². The number of benzene rings is 1. The number of hydrogen-bond donors (Lipinski definition) is 0. The van der Waals surface area contributed by atoms with Crippen LogP contribution in [0.15, 0.2) is 35.7 Å². The fourth-order valence-corrected chi connectivity index (χ4v) is 2.08. The van der Waals surface area contributed by atoms with Crippen molar-refractivity contribution >= 4 is 23.1 Å². The molecule has 116 valence electrons. The summed E-state index contributed by atoms with van der Waals surface area (Å²) in [5.41, 5.74) is -0.190. The van der Waals surface area contributed by atoms with E-state index in [1.165, 1.54) is 30.1 Å². The van der Waals surface area contributed by atoms with E-state index < -0.39 is 16.7 Å². The molecule has 1 aliphatic heterocycles. The van der Waals surface area contributed by atoms with E-state index in [4.69, 9.17) is 9.47 Å². The zero-order valence-corrected chi connectivity index (χ0v) is 12.1. The SMILES string of the molecule is CCOC(=O)C1=C(N(C)c2ccccc2[N+](=O)[O-])OCC1=O. The molecular formula is C14H14N2O6. The second-order valence-electron chi connectivity index (χ2n) is 4.42. The van der Waals surface area contributed by atoms with Crippen molar-refractivity contribution in [1.82, 2.24) is 0 Å². The zero-order valence-electron chi connectivity index (χ0n) is 12.1. The van der Waals surface area contributed by atoms with Crippen LogP contribution in [0.25, 0.3) is 0 Å². The van der Waals surface area contributed by atoms with Gasteiger partial charge in [-0.1, -0.05) is 12.1 Å². The van der Waals surface area contributed by atoms with E-state index in [1.54, 1.807) is 13.0 Å². The van der Waals surface area contributed by atoms with Crippen LogP contribution in [0.4, 0.5) is 11.4 Å². The Balaban J connectivity index is 2.47. The second kappa shape index (κ2) is 6.25. The highest BCUT2D eigenvalue weighted by Crippen LogP contribution is 2.32. The molecule has 0 aromatic heterocycles. The molecule has 0 unspecified atom stereocenters. The molecule has 1 heterocycles. The Morgan fingerprint density at radius 2 is 2.14 bits per heavy atom. The van der Waals surface area contributed by atoms with Gasteiger partial charge in [0, 0.05) is 13.1 Å². The van der Waals surface area contributed by atoms with Gasteiger partial charge in [-0.25, -0.2) is 4.79 Å². The molecule has 8 nitrogen and oxygen atoms in total. The number of carbonyl (C=O) groups excluding carboxylic acids is 2. The van der Waals surface area contributed by atoms with Crippen LogP contribution >= 0.6 is 0 Å². The Labute approximate surface area is 126 Å². The van der Waals surface area contributed by atoms with Gasteiger partial charge in [-0.15, -0.1) is 0 Å². The number of Topliss-reactive ketones (excluding diaryl/α,β-unsaturated/α-hetero) is 1. The van der Waals surface area contributed by atoms with Gasteiger partial charge >= 0.3 is 5.97 Å². The summed E-state index contributed by atoms with van der Waals surface area (Å²) in [5, 5.41) is 11.1. The molecule has 0 aliphatic carbocycles. The van der Waals surface area contributed by atoms with Crippen LogP contribution in [-0.2, 0) is 19.1 Å². The predicted octanol–water partition coefficient (Wildman–Crippen LogP) is 1.41. The fraction of sp³-hybridized carbons (Fsp3) is 0.286. The van der Waals surface area contributed by atoms with E-state index in [2.05, 4.69) is 0 Å². The quantitative estimate of drug-likeness (QED) is 0.351. The van der Waals surface area contributed by atoms with Crippen molar-refractivity contribution in [1.29, 1.82) is 0 Å². The van der Waals surface area contributed by atoms with Gasteiger partial charge in [-0.2, -0.15) is 0 Å². The Bertz CT molecular complexity index is 667. The van der Waals surface area contributed by atoms with Crippen LogP contribution in [0.2, 0.25) is 0 Å². The number of hydrogen-bond acceptors (Lipinski definition) is 7. The molecule has 0 bridgehead atoms. The summed E-state index contributed by atoms with van der Waals surface area (Å²) in [6.45, 7) is 1.43. The van der Waals surface area contributed by atoms with Crippen LogP contribution in [0.5, 0.6) is 0 Å². The number of nitro groups is 1.